The van der Waals surface area contributed by atoms with Crippen LogP contribution in [-0.2, 0) is 38.1 Å². The van der Waals surface area contributed by atoms with E-state index in [0.717, 1.165) is 34.8 Å². The second kappa shape index (κ2) is 21.3. The van der Waals surface area contributed by atoms with E-state index in [1.165, 1.54) is 12.2 Å². The van der Waals surface area contributed by atoms with E-state index in [0.29, 0.717) is 62.8 Å². The Bertz CT molecular complexity index is 1830. The van der Waals surface area contributed by atoms with Crippen molar-refractivity contribution in [2.24, 2.45) is 16.8 Å². The van der Waals surface area contributed by atoms with Gasteiger partial charge in [-0.05, 0) is 94.8 Å². The highest BCUT2D eigenvalue weighted by Gasteiger charge is 2.43. The number of nitrogens with zero attached hydrogens (tertiary/aromatic N) is 3. The van der Waals surface area contributed by atoms with Gasteiger partial charge in [0, 0.05) is 48.0 Å². The molecule has 18 heteroatoms. The first kappa shape index (κ1) is 45.0. The van der Waals surface area contributed by atoms with Crippen molar-refractivity contribution in [3.63, 3.8) is 0 Å². The second-order valence-electron chi connectivity index (χ2n) is 15.8. The van der Waals surface area contributed by atoms with E-state index in [1.807, 2.05) is 20.8 Å². The van der Waals surface area contributed by atoms with Gasteiger partial charge in [0.05, 0.1) is 18.8 Å². The zero-order valence-electron chi connectivity index (χ0n) is 34.2. The van der Waals surface area contributed by atoms with Crippen LogP contribution >= 0.6 is 0 Å². The van der Waals surface area contributed by atoms with E-state index in [-0.39, 0.29) is 56.4 Å². The number of alkyl carbamates (subject to hydrolysis) is 3. The van der Waals surface area contributed by atoms with Gasteiger partial charge in [0.2, 0.25) is 0 Å². The van der Waals surface area contributed by atoms with Crippen LogP contribution in [0.1, 0.15) is 85.0 Å². The Kier molecular flexibility index (Phi) is 16.0. The summed E-state index contributed by atoms with van der Waals surface area (Å²) in [4.78, 5) is 104. The van der Waals surface area contributed by atoms with Gasteiger partial charge in [-0.1, -0.05) is 26.0 Å². The lowest BCUT2D eigenvalue weighted by atomic mass is 9.68. The summed E-state index contributed by atoms with van der Waals surface area (Å²) >= 11 is 0. The first-order valence-electron chi connectivity index (χ1n) is 20.4. The average Bonchev–Trinajstić information content (AvgIpc) is 3.70. The quantitative estimate of drug-likeness (QED) is 0.191. The number of hydrogen-bond acceptors (Lipinski definition) is 12. The van der Waals surface area contributed by atoms with Crippen LogP contribution in [0.15, 0.2) is 65.4 Å². The van der Waals surface area contributed by atoms with Crippen molar-refractivity contribution in [2.45, 2.75) is 109 Å². The van der Waals surface area contributed by atoms with E-state index >= 15 is 0 Å². The van der Waals surface area contributed by atoms with E-state index in [1.54, 1.807) is 30.4 Å². The lowest BCUT2D eigenvalue weighted by molar-refractivity contribution is -0.138. The molecule has 60 heavy (non-hydrogen) atoms. The summed E-state index contributed by atoms with van der Waals surface area (Å²) in [5.74, 6) is -1.79. The zero-order valence-corrected chi connectivity index (χ0v) is 34.2. The van der Waals surface area contributed by atoms with Crippen molar-refractivity contribution in [3.8, 4) is 0 Å². The molecule has 5 unspecified atom stereocenters. The normalized spacial score (nSPS) is 27.6. The highest BCUT2D eigenvalue weighted by Crippen LogP contribution is 2.37. The molecule has 8 amide bonds. The Balaban J connectivity index is 0.989. The van der Waals surface area contributed by atoms with Crippen molar-refractivity contribution >= 4 is 53.7 Å². The molecular weight excluding hydrogens is 780 g/mol. The minimum absolute atomic E-state index is 0.0126. The van der Waals surface area contributed by atoms with Gasteiger partial charge < -0.3 is 29.6 Å². The fourth-order valence-electron chi connectivity index (χ4n) is 7.77. The number of hydrogen-bond donors (Lipinski definition) is 3. The van der Waals surface area contributed by atoms with Crippen LogP contribution in [0.4, 0.5) is 19.2 Å². The standard InChI is InChI=1S/C42H54N6O12/c1-27-26-42(3,46-41(56)58-24-22-48-36(51)19-20-37(48)52)28(2)25-33(27)45-40(55)60-32-14-5-4-13-31(15-8-16-32)59-39(54)44-30-11-6-9-29(10-7-12-30)43-38(53)57-23-21-47-34(49)17-18-35(47)50/h6-7,9,11-12,17-20,27-28,31-33H,4-5,8,10,13-16,21-26H2,1-3H3,(H,43,53)(H,45,55)(H,46,56)/t27?,28?,31?,32?,33-,42?/m1/s1. The summed E-state index contributed by atoms with van der Waals surface area (Å²) in [6, 6.07) is -0.168. The van der Waals surface area contributed by atoms with Gasteiger partial charge in [-0.3, -0.25) is 34.3 Å². The topological polar surface area (TPSA) is 228 Å². The van der Waals surface area contributed by atoms with Crippen molar-refractivity contribution in [1.82, 2.24) is 25.8 Å². The number of nitrogens with one attached hydrogen (secondary N) is 3. The predicted molar refractivity (Wildman–Crippen MR) is 215 cm³/mol. The van der Waals surface area contributed by atoms with Crippen molar-refractivity contribution < 1.29 is 57.3 Å². The van der Waals surface area contributed by atoms with Crippen molar-refractivity contribution in [2.75, 3.05) is 26.3 Å². The number of carbonyl (C=O) groups is 8. The number of amides is 8. The van der Waals surface area contributed by atoms with Gasteiger partial charge >= 0.3 is 24.4 Å². The molecule has 0 aromatic rings. The maximum atomic E-state index is 13.1. The first-order valence-corrected chi connectivity index (χ1v) is 20.4. The van der Waals surface area contributed by atoms with Crippen LogP contribution in [0.25, 0.3) is 0 Å². The fraction of sp³-hybridized carbons (Fsp3) is 0.548. The lowest BCUT2D eigenvalue weighted by Gasteiger charge is -2.46. The van der Waals surface area contributed by atoms with Crippen LogP contribution in [0.5, 0.6) is 0 Å². The Morgan fingerprint density at radius 1 is 0.750 bits per heavy atom. The van der Waals surface area contributed by atoms with Crippen molar-refractivity contribution in [3.05, 3.63) is 60.4 Å². The summed E-state index contributed by atoms with van der Waals surface area (Å²) in [5.41, 5.74) is 0.294. The van der Waals surface area contributed by atoms with Crippen LogP contribution in [-0.4, -0.2) is 114 Å². The largest absolute Gasteiger partial charge is 0.448 e. The number of allylic oxidation sites excluding steroid dienone is 5. The minimum atomic E-state index is -0.736. The molecule has 5 aliphatic rings. The predicted octanol–water partition coefficient (Wildman–Crippen LogP) is 4.67. The van der Waals surface area contributed by atoms with Gasteiger partial charge in [0.1, 0.15) is 25.4 Å². The molecule has 6 atom stereocenters. The number of aliphatic imine (C=N–C) groups is 1. The van der Waals surface area contributed by atoms with E-state index in [4.69, 9.17) is 18.9 Å². The summed E-state index contributed by atoms with van der Waals surface area (Å²) < 4.78 is 22.0. The summed E-state index contributed by atoms with van der Waals surface area (Å²) in [6.07, 6.45) is 16.0. The molecule has 0 saturated heterocycles. The Hall–Kier alpha value is -6.07. The molecule has 18 nitrogen and oxygen atoms in total. The van der Waals surface area contributed by atoms with Crippen LogP contribution in [0.2, 0.25) is 0 Å². The molecule has 2 heterocycles. The molecular formula is C42H54N6O12. The molecule has 0 radical (unpaired) electrons. The monoisotopic (exact) mass is 834 g/mol. The molecule has 0 aromatic carbocycles. The zero-order chi connectivity index (χ0) is 43.2. The maximum Gasteiger partial charge on any atom is 0.434 e. The van der Waals surface area contributed by atoms with E-state index in [9.17, 15) is 38.4 Å². The smallest absolute Gasteiger partial charge is 0.434 e. The Morgan fingerprint density at radius 2 is 1.32 bits per heavy atom. The van der Waals surface area contributed by atoms with Gasteiger partial charge in [-0.25, -0.2) is 19.2 Å². The van der Waals surface area contributed by atoms with Gasteiger partial charge in [-0.15, -0.1) is 0 Å². The van der Waals surface area contributed by atoms with Gasteiger partial charge in [-0.2, -0.15) is 4.99 Å². The summed E-state index contributed by atoms with van der Waals surface area (Å²) in [5, 5.41) is 8.62. The molecule has 0 bridgehead atoms. The molecule has 2 fully saturated rings. The van der Waals surface area contributed by atoms with Crippen LogP contribution in [0, 0.1) is 11.8 Å². The highest BCUT2D eigenvalue weighted by molar-refractivity contribution is 6.13. The molecule has 3 aliphatic carbocycles. The average molecular weight is 835 g/mol. The molecule has 2 saturated carbocycles. The summed E-state index contributed by atoms with van der Waals surface area (Å²) in [7, 11) is 0. The molecule has 5 rings (SSSR count). The minimum Gasteiger partial charge on any atom is -0.448 e. The number of ether oxygens (including phenoxy) is 4. The van der Waals surface area contributed by atoms with Crippen LogP contribution < -0.4 is 16.0 Å². The van der Waals surface area contributed by atoms with Gasteiger partial charge in [0.25, 0.3) is 23.6 Å². The molecule has 0 aromatic heterocycles. The maximum absolute atomic E-state index is 13.1. The fourth-order valence-corrected chi connectivity index (χ4v) is 7.77. The molecule has 0 spiro atoms. The SMILES string of the molecule is CC1CC(C)(NC(=O)OCCN2C(=O)C=CC2=O)C(C)C[C@H]1NC(=O)OC1CCCCC(OC(=O)N=C2C=CC=C(NC(=O)OCCN3C(=O)C=CC3=O)CC=C2)CCC1. The van der Waals surface area contributed by atoms with E-state index in [2.05, 4.69) is 20.9 Å². The third-order valence-corrected chi connectivity index (χ3v) is 11.3. The van der Waals surface area contributed by atoms with Gasteiger partial charge in [0.15, 0.2) is 0 Å². The highest BCUT2D eigenvalue weighted by atomic mass is 16.6. The van der Waals surface area contributed by atoms with Crippen LogP contribution in [0.3, 0.4) is 0 Å². The number of carbonyl (C=O) groups excluding carboxylic acids is 8. The molecule has 3 N–H and O–H groups in total. The second-order valence-corrected chi connectivity index (χ2v) is 15.8. The third-order valence-electron chi connectivity index (χ3n) is 11.3. The lowest BCUT2D eigenvalue weighted by Crippen LogP contribution is -2.59. The number of imide groups is 2. The molecule has 324 valence electrons. The first-order chi connectivity index (χ1) is 28.7. The summed E-state index contributed by atoms with van der Waals surface area (Å²) in [6.45, 7) is 5.59. The third kappa shape index (κ3) is 13.2. The Morgan fingerprint density at radius 3 is 1.93 bits per heavy atom. The Labute approximate surface area is 348 Å². The van der Waals surface area contributed by atoms with E-state index < -0.39 is 53.5 Å². The molecule has 2 aliphatic heterocycles. The number of rotatable bonds is 11. The van der Waals surface area contributed by atoms with Crippen molar-refractivity contribution in [1.29, 1.82) is 0 Å².